The number of hydrogen-bond donors (Lipinski definition) is 1. The van der Waals surface area contributed by atoms with E-state index in [1.165, 1.54) is 0 Å². The zero-order chi connectivity index (χ0) is 13.1. The topological polar surface area (TPSA) is 55.6 Å². The Bertz CT molecular complexity index is 422. The summed E-state index contributed by atoms with van der Waals surface area (Å²) in [5.74, 6) is 0.0829. The van der Waals surface area contributed by atoms with Crippen LogP contribution >= 0.6 is 11.6 Å². The number of hydrogen-bond acceptors (Lipinski definition) is 3. The molecule has 1 amide bonds. The molecule has 5 heteroatoms. The van der Waals surface area contributed by atoms with E-state index < -0.39 is 0 Å². The van der Waals surface area contributed by atoms with Crippen molar-refractivity contribution in [2.45, 2.75) is 18.5 Å². The molecule has 1 saturated heterocycles. The maximum absolute atomic E-state index is 11.9. The highest BCUT2D eigenvalue weighted by Crippen LogP contribution is 2.32. The van der Waals surface area contributed by atoms with Crippen molar-refractivity contribution >= 4 is 17.5 Å². The number of halogens is 1. The standard InChI is InChI=1S/C13H17ClN2O2/c1-18-7-6-16-12(17)8-11(15)13(16)9-2-4-10(14)5-3-9/h2-5,11,13H,6-8,15H2,1H3. The first kappa shape index (κ1) is 13.3. The number of carbonyl (C=O) groups is 1. The van der Waals surface area contributed by atoms with Gasteiger partial charge in [-0.15, -0.1) is 0 Å². The Morgan fingerprint density at radius 3 is 2.72 bits per heavy atom. The molecular formula is C13H17ClN2O2. The smallest absolute Gasteiger partial charge is 0.224 e. The summed E-state index contributed by atoms with van der Waals surface area (Å²) in [5.41, 5.74) is 7.09. The molecule has 0 radical (unpaired) electrons. The van der Waals surface area contributed by atoms with Crippen LogP contribution in [0.4, 0.5) is 0 Å². The second kappa shape index (κ2) is 5.69. The van der Waals surface area contributed by atoms with Gasteiger partial charge in [0, 0.05) is 31.1 Å². The highest BCUT2D eigenvalue weighted by Gasteiger charge is 2.38. The summed E-state index contributed by atoms with van der Waals surface area (Å²) in [7, 11) is 1.62. The summed E-state index contributed by atoms with van der Waals surface area (Å²) in [4.78, 5) is 13.7. The zero-order valence-electron chi connectivity index (χ0n) is 10.3. The van der Waals surface area contributed by atoms with E-state index in [2.05, 4.69) is 0 Å². The van der Waals surface area contributed by atoms with E-state index >= 15 is 0 Å². The fraction of sp³-hybridized carbons (Fsp3) is 0.462. The molecule has 1 aromatic rings. The van der Waals surface area contributed by atoms with Gasteiger partial charge in [0.1, 0.15) is 0 Å². The minimum Gasteiger partial charge on any atom is -0.383 e. The Balaban J connectivity index is 2.22. The molecule has 2 N–H and O–H groups in total. The minimum absolute atomic E-state index is 0.0788. The molecule has 2 atom stereocenters. The van der Waals surface area contributed by atoms with E-state index in [0.29, 0.717) is 24.6 Å². The van der Waals surface area contributed by atoms with Crippen LogP contribution in [-0.4, -0.2) is 37.1 Å². The second-order valence-corrected chi connectivity index (χ2v) is 4.88. The van der Waals surface area contributed by atoms with Crippen LogP contribution in [-0.2, 0) is 9.53 Å². The lowest BCUT2D eigenvalue weighted by molar-refractivity contribution is -0.129. The maximum atomic E-state index is 11.9. The van der Waals surface area contributed by atoms with Gasteiger partial charge in [0.05, 0.1) is 12.6 Å². The minimum atomic E-state index is -0.171. The van der Waals surface area contributed by atoms with Crippen molar-refractivity contribution in [3.63, 3.8) is 0 Å². The molecule has 1 aliphatic heterocycles. The molecule has 0 spiro atoms. The summed E-state index contributed by atoms with van der Waals surface area (Å²) in [6, 6.07) is 7.23. The molecule has 1 aromatic carbocycles. The predicted molar refractivity (Wildman–Crippen MR) is 70.4 cm³/mol. The molecule has 1 heterocycles. The first-order valence-corrected chi connectivity index (χ1v) is 6.30. The Morgan fingerprint density at radius 2 is 2.11 bits per heavy atom. The molecule has 0 bridgehead atoms. The summed E-state index contributed by atoms with van der Waals surface area (Å²) >= 11 is 5.87. The van der Waals surface area contributed by atoms with Gasteiger partial charge < -0.3 is 15.4 Å². The van der Waals surface area contributed by atoms with Gasteiger partial charge in [-0.1, -0.05) is 23.7 Å². The Hall–Kier alpha value is -1.10. The summed E-state index contributed by atoms with van der Waals surface area (Å²) in [6.07, 6.45) is 0.386. The third-order valence-electron chi connectivity index (χ3n) is 3.22. The summed E-state index contributed by atoms with van der Waals surface area (Å²) < 4.78 is 5.03. The predicted octanol–water partition coefficient (Wildman–Crippen LogP) is 1.59. The molecule has 18 heavy (non-hydrogen) atoms. The third kappa shape index (κ3) is 2.66. The molecule has 2 unspecified atom stereocenters. The van der Waals surface area contributed by atoms with Crippen molar-refractivity contribution < 1.29 is 9.53 Å². The van der Waals surface area contributed by atoms with Crippen LogP contribution < -0.4 is 5.73 Å². The highest BCUT2D eigenvalue weighted by atomic mass is 35.5. The van der Waals surface area contributed by atoms with Gasteiger partial charge >= 0.3 is 0 Å². The Morgan fingerprint density at radius 1 is 1.44 bits per heavy atom. The first-order chi connectivity index (χ1) is 8.63. The van der Waals surface area contributed by atoms with Gasteiger partial charge in [-0.25, -0.2) is 0 Å². The number of benzene rings is 1. The molecule has 1 aliphatic rings. The van der Waals surface area contributed by atoms with Crippen molar-refractivity contribution in [1.82, 2.24) is 4.90 Å². The Kier molecular flexibility index (Phi) is 4.22. The fourth-order valence-corrected chi connectivity index (χ4v) is 2.48. The largest absolute Gasteiger partial charge is 0.383 e. The SMILES string of the molecule is COCCN1C(=O)CC(N)C1c1ccc(Cl)cc1. The van der Waals surface area contributed by atoms with Gasteiger partial charge in [0.15, 0.2) is 0 Å². The van der Waals surface area contributed by atoms with E-state index in [1.54, 1.807) is 12.0 Å². The number of nitrogens with zero attached hydrogens (tertiary/aromatic N) is 1. The molecule has 1 fully saturated rings. The Labute approximate surface area is 112 Å². The summed E-state index contributed by atoms with van der Waals surface area (Å²) in [5, 5.41) is 0.681. The lowest BCUT2D eigenvalue weighted by Crippen LogP contribution is -2.35. The number of amides is 1. The van der Waals surface area contributed by atoms with Crippen LogP contribution in [0.25, 0.3) is 0 Å². The molecule has 0 aliphatic carbocycles. The average molecular weight is 269 g/mol. The van der Waals surface area contributed by atoms with Gasteiger partial charge in [0.2, 0.25) is 5.91 Å². The van der Waals surface area contributed by atoms with Crippen molar-refractivity contribution in [2.24, 2.45) is 5.73 Å². The van der Waals surface area contributed by atoms with Gasteiger partial charge in [-0.3, -0.25) is 4.79 Å². The number of ether oxygens (including phenoxy) is 1. The van der Waals surface area contributed by atoms with Crippen LogP contribution in [0.5, 0.6) is 0 Å². The van der Waals surface area contributed by atoms with E-state index in [-0.39, 0.29) is 18.0 Å². The molecule has 4 nitrogen and oxygen atoms in total. The van der Waals surface area contributed by atoms with Crippen LogP contribution in [0.2, 0.25) is 5.02 Å². The quantitative estimate of drug-likeness (QED) is 0.902. The highest BCUT2D eigenvalue weighted by molar-refractivity contribution is 6.30. The van der Waals surface area contributed by atoms with Crippen molar-refractivity contribution in [3.8, 4) is 0 Å². The van der Waals surface area contributed by atoms with E-state index in [4.69, 9.17) is 22.1 Å². The fourth-order valence-electron chi connectivity index (χ4n) is 2.36. The summed E-state index contributed by atoms with van der Waals surface area (Å²) in [6.45, 7) is 1.08. The van der Waals surface area contributed by atoms with Crippen molar-refractivity contribution in [1.29, 1.82) is 0 Å². The van der Waals surface area contributed by atoms with E-state index in [9.17, 15) is 4.79 Å². The second-order valence-electron chi connectivity index (χ2n) is 4.44. The molecule has 0 aromatic heterocycles. The molecule has 98 valence electrons. The lowest BCUT2D eigenvalue weighted by Gasteiger charge is -2.27. The number of likely N-dealkylation sites (tertiary alicyclic amines) is 1. The molecule has 0 saturated carbocycles. The lowest BCUT2D eigenvalue weighted by atomic mass is 10.0. The zero-order valence-corrected chi connectivity index (χ0v) is 11.1. The van der Waals surface area contributed by atoms with Gasteiger partial charge in [-0.2, -0.15) is 0 Å². The number of rotatable bonds is 4. The third-order valence-corrected chi connectivity index (χ3v) is 3.47. The molecule has 2 rings (SSSR count). The van der Waals surface area contributed by atoms with Crippen molar-refractivity contribution in [2.75, 3.05) is 20.3 Å². The van der Waals surface area contributed by atoms with E-state index in [1.807, 2.05) is 24.3 Å². The van der Waals surface area contributed by atoms with Gasteiger partial charge in [0.25, 0.3) is 0 Å². The van der Waals surface area contributed by atoms with Crippen LogP contribution in [0, 0.1) is 0 Å². The van der Waals surface area contributed by atoms with Crippen LogP contribution in [0.15, 0.2) is 24.3 Å². The number of carbonyl (C=O) groups excluding carboxylic acids is 1. The average Bonchev–Trinajstić information content (AvgIpc) is 2.62. The number of nitrogens with two attached hydrogens (primary N) is 1. The van der Waals surface area contributed by atoms with E-state index in [0.717, 1.165) is 5.56 Å². The first-order valence-electron chi connectivity index (χ1n) is 5.93. The number of methoxy groups -OCH3 is 1. The van der Waals surface area contributed by atoms with Crippen LogP contribution in [0.1, 0.15) is 18.0 Å². The van der Waals surface area contributed by atoms with Crippen LogP contribution in [0.3, 0.4) is 0 Å². The normalized spacial score (nSPS) is 23.7. The van der Waals surface area contributed by atoms with Gasteiger partial charge in [-0.05, 0) is 17.7 Å². The monoisotopic (exact) mass is 268 g/mol. The molecular weight excluding hydrogens is 252 g/mol. The maximum Gasteiger partial charge on any atom is 0.224 e. The van der Waals surface area contributed by atoms with Crippen molar-refractivity contribution in [3.05, 3.63) is 34.9 Å².